The van der Waals surface area contributed by atoms with Gasteiger partial charge in [-0.25, -0.2) is 0 Å². The molecule has 0 heterocycles. The summed E-state index contributed by atoms with van der Waals surface area (Å²) in [6.45, 7) is 6.45. The van der Waals surface area contributed by atoms with E-state index in [0.717, 1.165) is 5.69 Å². The summed E-state index contributed by atoms with van der Waals surface area (Å²) in [5.41, 5.74) is 10.5. The van der Waals surface area contributed by atoms with Crippen molar-refractivity contribution in [1.82, 2.24) is 0 Å². The molecule has 0 aromatic heterocycles. The van der Waals surface area contributed by atoms with Gasteiger partial charge in [0.15, 0.2) is 0 Å². The number of nitrogens with two attached hydrogens (primary N) is 1. The Morgan fingerprint density at radius 1 is 0.824 bits per heavy atom. The maximum Gasteiger partial charge on any atom is 0.0314 e. The van der Waals surface area contributed by atoms with Crippen molar-refractivity contribution in [2.24, 2.45) is 0 Å². The van der Waals surface area contributed by atoms with Gasteiger partial charge in [-0.2, -0.15) is 0 Å². The quantitative estimate of drug-likeness (QED) is 0.644. The van der Waals surface area contributed by atoms with Gasteiger partial charge >= 0.3 is 0 Å². The van der Waals surface area contributed by atoms with E-state index in [1.807, 2.05) is 31.2 Å². The van der Waals surface area contributed by atoms with Crippen LogP contribution < -0.4 is 5.73 Å². The summed E-state index contributed by atoms with van der Waals surface area (Å²) in [6.07, 6.45) is 8.39. The predicted octanol–water partition coefficient (Wildman–Crippen LogP) is 4.64. The van der Waals surface area contributed by atoms with E-state index in [9.17, 15) is 0 Å². The third kappa shape index (κ3) is 5.96. The highest BCUT2D eigenvalue weighted by Gasteiger charge is 1.95. The lowest BCUT2D eigenvalue weighted by Gasteiger charge is -1.94. The SMILES string of the molecule is CC1=CC=C(C)CCC1.Cc1ccc(N)cc1. The first-order chi connectivity index (χ1) is 8.08. The van der Waals surface area contributed by atoms with Crippen LogP contribution in [0.15, 0.2) is 47.6 Å². The summed E-state index contributed by atoms with van der Waals surface area (Å²) >= 11 is 0. The maximum atomic E-state index is 5.43. The summed E-state index contributed by atoms with van der Waals surface area (Å²) in [5, 5.41) is 0. The molecule has 1 nitrogen and oxygen atoms in total. The van der Waals surface area contributed by atoms with Crippen LogP contribution in [-0.2, 0) is 0 Å². The van der Waals surface area contributed by atoms with Gasteiger partial charge in [0.2, 0.25) is 0 Å². The lowest BCUT2D eigenvalue weighted by atomic mass is 10.1. The predicted molar refractivity (Wildman–Crippen MR) is 77.0 cm³/mol. The standard InChI is InChI=1S/C9H14.C7H9N/c1-8-4-3-5-9(2)7-6-8;1-6-2-4-7(8)5-3-6/h6-7H,3-5H2,1-2H3;2-5H,8H2,1H3. The fourth-order valence-electron chi connectivity index (χ4n) is 1.66. The normalized spacial score (nSPS) is 15.0. The average Bonchev–Trinajstić information content (AvgIpc) is 2.49. The summed E-state index contributed by atoms with van der Waals surface area (Å²) in [5.74, 6) is 0. The molecule has 0 bridgehead atoms. The Balaban J connectivity index is 0.000000171. The van der Waals surface area contributed by atoms with Crippen molar-refractivity contribution >= 4 is 5.69 Å². The number of hydrogen-bond acceptors (Lipinski definition) is 1. The van der Waals surface area contributed by atoms with E-state index in [1.165, 1.54) is 36.0 Å². The molecule has 2 rings (SSSR count). The molecule has 1 aliphatic rings. The molecule has 1 aliphatic carbocycles. The van der Waals surface area contributed by atoms with Gasteiger partial charge in [-0.3, -0.25) is 0 Å². The molecule has 17 heavy (non-hydrogen) atoms. The molecule has 92 valence electrons. The van der Waals surface area contributed by atoms with E-state index in [0.29, 0.717) is 0 Å². The summed E-state index contributed by atoms with van der Waals surface area (Å²) in [4.78, 5) is 0. The third-order valence-electron chi connectivity index (χ3n) is 2.87. The first-order valence-corrected chi connectivity index (χ1v) is 6.23. The van der Waals surface area contributed by atoms with Crippen LogP contribution in [0.25, 0.3) is 0 Å². The van der Waals surface area contributed by atoms with E-state index < -0.39 is 0 Å². The number of aryl methyl sites for hydroxylation is 1. The number of allylic oxidation sites excluding steroid dienone is 4. The van der Waals surface area contributed by atoms with Crippen LogP contribution >= 0.6 is 0 Å². The second kappa shape index (κ2) is 6.95. The number of rotatable bonds is 0. The second-order valence-electron chi connectivity index (χ2n) is 4.79. The Morgan fingerprint density at radius 2 is 1.29 bits per heavy atom. The minimum atomic E-state index is 0.829. The van der Waals surface area contributed by atoms with Crippen molar-refractivity contribution in [3.05, 3.63) is 53.1 Å². The van der Waals surface area contributed by atoms with Gasteiger partial charge in [0, 0.05) is 5.69 Å². The largest absolute Gasteiger partial charge is 0.399 e. The van der Waals surface area contributed by atoms with Crippen molar-refractivity contribution in [2.75, 3.05) is 5.73 Å². The van der Waals surface area contributed by atoms with Crippen LogP contribution in [0.2, 0.25) is 0 Å². The van der Waals surface area contributed by atoms with Crippen molar-refractivity contribution in [3.8, 4) is 0 Å². The van der Waals surface area contributed by atoms with Crippen molar-refractivity contribution in [1.29, 1.82) is 0 Å². The Hall–Kier alpha value is -1.50. The van der Waals surface area contributed by atoms with Gasteiger partial charge < -0.3 is 5.73 Å². The zero-order valence-electron chi connectivity index (χ0n) is 11.2. The molecule has 0 spiro atoms. The van der Waals surface area contributed by atoms with Crippen LogP contribution in [0.1, 0.15) is 38.7 Å². The lowest BCUT2D eigenvalue weighted by molar-refractivity contribution is 0.814. The van der Waals surface area contributed by atoms with Crippen LogP contribution in [0, 0.1) is 6.92 Å². The summed E-state index contributed by atoms with van der Waals surface area (Å²) in [7, 11) is 0. The number of benzene rings is 1. The minimum Gasteiger partial charge on any atom is -0.399 e. The van der Waals surface area contributed by atoms with E-state index in [1.54, 1.807) is 0 Å². The molecule has 0 saturated heterocycles. The van der Waals surface area contributed by atoms with Crippen molar-refractivity contribution < 1.29 is 0 Å². The second-order valence-corrected chi connectivity index (χ2v) is 4.79. The van der Waals surface area contributed by atoms with Gasteiger partial charge in [0.1, 0.15) is 0 Å². The number of hydrogen-bond donors (Lipinski definition) is 1. The Labute approximate surface area is 105 Å². The number of anilines is 1. The fourth-order valence-corrected chi connectivity index (χ4v) is 1.66. The minimum absolute atomic E-state index is 0.829. The Bertz CT molecular complexity index is 357. The zero-order valence-corrected chi connectivity index (χ0v) is 11.2. The van der Waals surface area contributed by atoms with E-state index in [4.69, 9.17) is 5.73 Å². The van der Waals surface area contributed by atoms with Gasteiger partial charge in [0.05, 0.1) is 0 Å². The average molecular weight is 229 g/mol. The lowest BCUT2D eigenvalue weighted by Crippen LogP contribution is -1.81. The van der Waals surface area contributed by atoms with Crippen LogP contribution in [-0.4, -0.2) is 0 Å². The molecule has 0 saturated carbocycles. The first-order valence-electron chi connectivity index (χ1n) is 6.23. The highest BCUT2D eigenvalue weighted by molar-refractivity contribution is 5.38. The van der Waals surface area contributed by atoms with Crippen LogP contribution in [0.5, 0.6) is 0 Å². The molecule has 0 unspecified atom stereocenters. The zero-order chi connectivity index (χ0) is 12.7. The molecular formula is C16H23N. The fraction of sp³-hybridized carbons (Fsp3) is 0.375. The monoisotopic (exact) mass is 229 g/mol. The van der Waals surface area contributed by atoms with Crippen LogP contribution in [0.3, 0.4) is 0 Å². The molecule has 0 amide bonds. The Morgan fingerprint density at radius 3 is 1.71 bits per heavy atom. The Kier molecular flexibility index (Phi) is 5.55. The third-order valence-corrected chi connectivity index (χ3v) is 2.87. The van der Waals surface area contributed by atoms with Gasteiger partial charge in [-0.15, -0.1) is 0 Å². The molecule has 0 radical (unpaired) electrons. The molecule has 0 atom stereocenters. The van der Waals surface area contributed by atoms with Gasteiger partial charge in [-0.1, -0.05) is 41.0 Å². The molecular weight excluding hydrogens is 206 g/mol. The first kappa shape index (κ1) is 13.6. The highest BCUT2D eigenvalue weighted by atomic mass is 14.5. The van der Waals surface area contributed by atoms with E-state index >= 15 is 0 Å². The van der Waals surface area contributed by atoms with Crippen molar-refractivity contribution in [2.45, 2.75) is 40.0 Å². The topological polar surface area (TPSA) is 26.0 Å². The molecule has 1 heteroatoms. The van der Waals surface area contributed by atoms with Crippen molar-refractivity contribution in [3.63, 3.8) is 0 Å². The van der Waals surface area contributed by atoms with E-state index in [2.05, 4.69) is 26.0 Å². The smallest absolute Gasteiger partial charge is 0.0314 e. The van der Waals surface area contributed by atoms with Gasteiger partial charge in [-0.05, 0) is 52.2 Å². The maximum absolute atomic E-state index is 5.43. The molecule has 1 aromatic carbocycles. The molecule has 0 aliphatic heterocycles. The molecule has 1 aromatic rings. The molecule has 2 N–H and O–H groups in total. The molecule has 0 fully saturated rings. The van der Waals surface area contributed by atoms with Crippen LogP contribution in [0.4, 0.5) is 5.69 Å². The summed E-state index contributed by atoms with van der Waals surface area (Å²) < 4.78 is 0. The summed E-state index contributed by atoms with van der Waals surface area (Å²) in [6, 6.07) is 7.79. The highest BCUT2D eigenvalue weighted by Crippen LogP contribution is 2.15. The van der Waals surface area contributed by atoms with Gasteiger partial charge in [0.25, 0.3) is 0 Å². The number of nitrogen functional groups attached to an aromatic ring is 1. The van der Waals surface area contributed by atoms with E-state index in [-0.39, 0.29) is 0 Å².